The summed E-state index contributed by atoms with van der Waals surface area (Å²) >= 11 is 3.63. The lowest BCUT2D eigenvalue weighted by atomic mass is 10.1. The van der Waals surface area contributed by atoms with E-state index in [1.807, 2.05) is 0 Å². The number of nitrogens with one attached hydrogen (secondary N) is 1. The Kier molecular flexibility index (Phi) is 5.67. The Morgan fingerprint density at radius 2 is 2.22 bits per heavy atom. The van der Waals surface area contributed by atoms with Crippen LogP contribution in [0.25, 0.3) is 0 Å². The van der Waals surface area contributed by atoms with E-state index in [2.05, 4.69) is 46.4 Å². The van der Waals surface area contributed by atoms with Gasteiger partial charge in [0, 0.05) is 17.6 Å². The summed E-state index contributed by atoms with van der Waals surface area (Å²) in [6, 6.07) is 6.54. The molecule has 3 heteroatoms. The number of hydrogen-bond donors (Lipinski definition) is 1. The predicted octanol–water partition coefficient (Wildman–Crippen LogP) is 3.88. The lowest BCUT2D eigenvalue weighted by Crippen LogP contribution is -2.13. The first-order chi connectivity index (χ1) is 8.79. The minimum absolute atomic E-state index is 0.722. The smallest absolute Gasteiger partial charge is 0.0727 e. The number of hydrogen-bond acceptors (Lipinski definition) is 2. The van der Waals surface area contributed by atoms with Gasteiger partial charge in [-0.05, 0) is 48.9 Å². The largest absolute Gasteiger partial charge is 0.376 e. The molecule has 2 nitrogen and oxygen atoms in total. The molecule has 1 aromatic carbocycles. The molecule has 0 bridgehead atoms. The summed E-state index contributed by atoms with van der Waals surface area (Å²) in [6.45, 7) is 5.84. The highest BCUT2D eigenvalue weighted by Gasteiger charge is 2.21. The fraction of sp³-hybridized carbons (Fsp3) is 0.600. The lowest BCUT2D eigenvalue weighted by Gasteiger charge is -2.09. The van der Waals surface area contributed by atoms with Crippen LogP contribution in [-0.2, 0) is 17.9 Å². The summed E-state index contributed by atoms with van der Waals surface area (Å²) in [6.07, 6.45) is 3.88. The van der Waals surface area contributed by atoms with Crippen molar-refractivity contribution in [3.05, 3.63) is 33.8 Å². The van der Waals surface area contributed by atoms with Crippen molar-refractivity contribution in [2.75, 3.05) is 13.2 Å². The van der Waals surface area contributed by atoms with Crippen molar-refractivity contribution in [1.82, 2.24) is 5.32 Å². The van der Waals surface area contributed by atoms with Gasteiger partial charge in [0.25, 0.3) is 0 Å². The first kappa shape index (κ1) is 14.0. The Morgan fingerprint density at radius 3 is 2.89 bits per heavy atom. The second-order valence-corrected chi connectivity index (χ2v) is 5.92. The standard InChI is InChI=1S/C15H22BrNO/c1-2-7-17-9-13-5-6-14(15(16)8-13)11-18-10-12-3-4-12/h5-6,8,12,17H,2-4,7,9-11H2,1H3. The minimum atomic E-state index is 0.722. The van der Waals surface area contributed by atoms with Gasteiger partial charge in [-0.1, -0.05) is 35.0 Å². The van der Waals surface area contributed by atoms with Gasteiger partial charge in [0.05, 0.1) is 6.61 Å². The maximum absolute atomic E-state index is 5.72. The van der Waals surface area contributed by atoms with Crippen LogP contribution in [0.15, 0.2) is 22.7 Å². The van der Waals surface area contributed by atoms with Crippen LogP contribution in [0.2, 0.25) is 0 Å². The molecule has 0 aromatic heterocycles. The summed E-state index contributed by atoms with van der Waals surface area (Å²) < 4.78 is 6.88. The summed E-state index contributed by atoms with van der Waals surface area (Å²) in [4.78, 5) is 0. The molecule has 0 heterocycles. The van der Waals surface area contributed by atoms with Crippen molar-refractivity contribution in [1.29, 1.82) is 0 Å². The normalized spacial score (nSPS) is 15.0. The van der Waals surface area contributed by atoms with E-state index < -0.39 is 0 Å². The molecule has 100 valence electrons. The van der Waals surface area contributed by atoms with Crippen molar-refractivity contribution in [3.8, 4) is 0 Å². The van der Waals surface area contributed by atoms with E-state index in [0.29, 0.717) is 0 Å². The Hall–Kier alpha value is -0.380. The molecule has 1 aliphatic rings. The molecule has 1 N–H and O–H groups in total. The van der Waals surface area contributed by atoms with Crippen LogP contribution in [0.1, 0.15) is 37.3 Å². The minimum Gasteiger partial charge on any atom is -0.376 e. The third-order valence-electron chi connectivity index (χ3n) is 3.18. The molecule has 0 aliphatic heterocycles. The third kappa shape index (κ3) is 4.71. The van der Waals surface area contributed by atoms with Gasteiger partial charge in [0.15, 0.2) is 0 Å². The van der Waals surface area contributed by atoms with Crippen molar-refractivity contribution in [2.24, 2.45) is 5.92 Å². The van der Waals surface area contributed by atoms with Crippen LogP contribution in [-0.4, -0.2) is 13.2 Å². The van der Waals surface area contributed by atoms with Gasteiger partial charge in [-0.25, -0.2) is 0 Å². The summed E-state index contributed by atoms with van der Waals surface area (Å²) in [5.41, 5.74) is 2.57. The first-order valence-electron chi connectivity index (χ1n) is 6.85. The fourth-order valence-corrected chi connectivity index (χ4v) is 2.39. The Bertz CT molecular complexity index is 377. The van der Waals surface area contributed by atoms with Gasteiger partial charge in [0.1, 0.15) is 0 Å². The van der Waals surface area contributed by atoms with Gasteiger partial charge in [0.2, 0.25) is 0 Å². The third-order valence-corrected chi connectivity index (χ3v) is 3.92. The molecule has 1 aromatic rings. The van der Waals surface area contributed by atoms with E-state index in [-0.39, 0.29) is 0 Å². The van der Waals surface area contributed by atoms with Crippen molar-refractivity contribution in [2.45, 2.75) is 39.3 Å². The topological polar surface area (TPSA) is 21.3 Å². The SMILES string of the molecule is CCCNCc1ccc(COCC2CC2)c(Br)c1. The van der Waals surface area contributed by atoms with E-state index in [9.17, 15) is 0 Å². The molecular formula is C15H22BrNO. The van der Waals surface area contributed by atoms with Crippen LogP contribution < -0.4 is 5.32 Å². The lowest BCUT2D eigenvalue weighted by molar-refractivity contribution is 0.111. The molecular weight excluding hydrogens is 290 g/mol. The quantitative estimate of drug-likeness (QED) is 0.736. The van der Waals surface area contributed by atoms with Gasteiger partial charge >= 0.3 is 0 Å². The van der Waals surface area contributed by atoms with Gasteiger partial charge in [-0.2, -0.15) is 0 Å². The Morgan fingerprint density at radius 1 is 1.39 bits per heavy atom. The molecule has 0 saturated heterocycles. The van der Waals surface area contributed by atoms with Crippen molar-refractivity contribution >= 4 is 15.9 Å². The molecule has 0 unspecified atom stereocenters. The highest BCUT2D eigenvalue weighted by Crippen LogP contribution is 2.29. The predicted molar refractivity (Wildman–Crippen MR) is 78.5 cm³/mol. The van der Waals surface area contributed by atoms with Gasteiger partial charge in [-0.3, -0.25) is 0 Å². The molecule has 0 spiro atoms. The summed E-state index contributed by atoms with van der Waals surface area (Å²) in [5.74, 6) is 0.835. The van der Waals surface area contributed by atoms with E-state index in [0.717, 1.165) is 36.7 Å². The van der Waals surface area contributed by atoms with Crippen LogP contribution in [0.5, 0.6) is 0 Å². The number of ether oxygens (including phenoxy) is 1. The van der Waals surface area contributed by atoms with Crippen LogP contribution >= 0.6 is 15.9 Å². The zero-order valence-electron chi connectivity index (χ0n) is 11.0. The molecule has 1 aliphatic carbocycles. The molecule has 0 amide bonds. The van der Waals surface area contributed by atoms with Crippen LogP contribution in [0.3, 0.4) is 0 Å². The molecule has 1 saturated carbocycles. The average molecular weight is 312 g/mol. The number of rotatable bonds is 8. The average Bonchev–Trinajstić information content (AvgIpc) is 3.16. The maximum Gasteiger partial charge on any atom is 0.0727 e. The highest BCUT2D eigenvalue weighted by atomic mass is 79.9. The molecule has 18 heavy (non-hydrogen) atoms. The molecule has 0 radical (unpaired) electrons. The fourth-order valence-electron chi connectivity index (χ4n) is 1.85. The Labute approximate surface area is 118 Å². The molecule has 0 atom stereocenters. The van der Waals surface area contributed by atoms with E-state index >= 15 is 0 Å². The number of halogens is 1. The number of benzene rings is 1. The van der Waals surface area contributed by atoms with Crippen molar-refractivity contribution < 1.29 is 4.74 Å². The second kappa shape index (κ2) is 7.27. The molecule has 1 fully saturated rings. The molecule has 2 rings (SSSR count). The van der Waals surface area contributed by atoms with Gasteiger partial charge < -0.3 is 10.1 Å². The summed E-state index contributed by atoms with van der Waals surface area (Å²) in [7, 11) is 0. The van der Waals surface area contributed by atoms with Crippen molar-refractivity contribution in [3.63, 3.8) is 0 Å². The van der Waals surface area contributed by atoms with E-state index in [1.54, 1.807) is 0 Å². The first-order valence-corrected chi connectivity index (χ1v) is 7.64. The van der Waals surface area contributed by atoms with Crippen LogP contribution in [0.4, 0.5) is 0 Å². The van der Waals surface area contributed by atoms with E-state index in [4.69, 9.17) is 4.74 Å². The monoisotopic (exact) mass is 311 g/mol. The maximum atomic E-state index is 5.72. The highest BCUT2D eigenvalue weighted by molar-refractivity contribution is 9.10. The zero-order chi connectivity index (χ0) is 12.8. The Balaban J connectivity index is 1.79. The van der Waals surface area contributed by atoms with Crippen LogP contribution in [0, 0.1) is 5.92 Å². The second-order valence-electron chi connectivity index (χ2n) is 5.06. The van der Waals surface area contributed by atoms with Gasteiger partial charge in [-0.15, -0.1) is 0 Å². The summed E-state index contributed by atoms with van der Waals surface area (Å²) in [5, 5.41) is 3.41. The van der Waals surface area contributed by atoms with E-state index in [1.165, 1.54) is 30.4 Å². The zero-order valence-corrected chi connectivity index (χ0v) is 12.6.